The quantitative estimate of drug-likeness (QED) is 0.850. The topological polar surface area (TPSA) is 44.5 Å². The van der Waals surface area contributed by atoms with Crippen molar-refractivity contribution in [3.05, 3.63) is 35.9 Å². The Morgan fingerprint density at radius 1 is 1.19 bits per heavy atom. The normalized spacial score (nSPS) is 41.3. The van der Waals surface area contributed by atoms with Gasteiger partial charge in [0.05, 0.1) is 17.6 Å². The molecule has 1 aliphatic heterocycles. The van der Waals surface area contributed by atoms with E-state index in [2.05, 4.69) is 20.8 Å². The lowest BCUT2D eigenvalue weighted by Crippen LogP contribution is -2.65. The van der Waals surface area contributed by atoms with Gasteiger partial charge in [-0.2, -0.15) is 0 Å². The van der Waals surface area contributed by atoms with E-state index in [1.165, 1.54) is 6.42 Å². The minimum absolute atomic E-state index is 0.171. The molecule has 1 aromatic carbocycles. The molecule has 4 unspecified atom stereocenters. The first kappa shape index (κ1) is 13.8. The minimum atomic E-state index is -0.322. The maximum atomic E-state index is 6.41. The monoisotopic (exact) mass is 285 g/mol. The van der Waals surface area contributed by atoms with Crippen molar-refractivity contribution in [1.29, 1.82) is 0 Å². The van der Waals surface area contributed by atoms with Crippen molar-refractivity contribution < 1.29 is 9.31 Å². The van der Waals surface area contributed by atoms with Crippen LogP contribution in [0.2, 0.25) is 0 Å². The smallest absolute Gasteiger partial charge is 0.404 e. The molecule has 112 valence electrons. The molecule has 1 saturated heterocycles. The summed E-state index contributed by atoms with van der Waals surface area (Å²) in [5.74, 6) is 1.14. The zero-order chi connectivity index (χ0) is 14.8. The van der Waals surface area contributed by atoms with Crippen LogP contribution >= 0.6 is 0 Å². The predicted octanol–water partition coefficient (Wildman–Crippen LogP) is 2.95. The molecule has 4 heteroatoms. The highest BCUT2D eigenvalue weighted by Gasteiger charge is 2.68. The van der Waals surface area contributed by atoms with Crippen molar-refractivity contribution in [3.8, 4) is 0 Å². The second-order valence-corrected chi connectivity index (χ2v) is 7.77. The van der Waals surface area contributed by atoms with E-state index >= 15 is 0 Å². The van der Waals surface area contributed by atoms with E-state index in [9.17, 15) is 0 Å². The van der Waals surface area contributed by atoms with Crippen LogP contribution in [0, 0.1) is 17.3 Å². The molecular weight excluding hydrogens is 261 g/mol. The Balaban J connectivity index is 1.57. The molecular formula is C17H24BNO2. The first-order valence-corrected chi connectivity index (χ1v) is 8.06. The van der Waals surface area contributed by atoms with Crippen LogP contribution < -0.4 is 5.73 Å². The Bertz CT molecular complexity index is 549. The summed E-state index contributed by atoms with van der Waals surface area (Å²) in [6, 6.07) is 10.1. The van der Waals surface area contributed by atoms with Crippen molar-refractivity contribution in [2.75, 3.05) is 0 Å². The van der Waals surface area contributed by atoms with Crippen LogP contribution in [-0.2, 0) is 9.31 Å². The first-order chi connectivity index (χ1) is 9.93. The van der Waals surface area contributed by atoms with E-state index in [0.717, 1.165) is 17.9 Å². The summed E-state index contributed by atoms with van der Waals surface area (Å²) in [6.07, 6.45) is 2.59. The third-order valence-corrected chi connectivity index (χ3v) is 6.45. The highest BCUT2D eigenvalue weighted by Crippen LogP contribution is 2.65. The summed E-state index contributed by atoms with van der Waals surface area (Å²) in [6.45, 7) is 6.99. The van der Waals surface area contributed by atoms with Crippen molar-refractivity contribution in [2.24, 2.45) is 23.0 Å². The van der Waals surface area contributed by atoms with Gasteiger partial charge in [0, 0.05) is 0 Å². The van der Waals surface area contributed by atoms with Crippen LogP contribution in [0.1, 0.15) is 45.1 Å². The third kappa shape index (κ3) is 1.79. The third-order valence-electron chi connectivity index (χ3n) is 6.45. The van der Waals surface area contributed by atoms with Gasteiger partial charge >= 0.3 is 7.12 Å². The average Bonchev–Trinajstić information content (AvgIpc) is 2.84. The van der Waals surface area contributed by atoms with Gasteiger partial charge in [0.2, 0.25) is 0 Å². The van der Waals surface area contributed by atoms with Crippen molar-refractivity contribution in [2.45, 2.75) is 51.3 Å². The molecule has 2 N–H and O–H groups in total. The molecule has 21 heavy (non-hydrogen) atoms. The molecule has 0 aromatic heterocycles. The zero-order valence-corrected chi connectivity index (χ0v) is 13.1. The van der Waals surface area contributed by atoms with Crippen LogP contribution in [0.25, 0.3) is 0 Å². The molecule has 3 nitrogen and oxygen atoms in total. The van der Waals surface area contributed by atoms with Gasteiger partial charge in [0.15, 0.2) is 0 Å². The second kappa shape index (κ2) is 4.34. The molecule has 5 rings (SSSR count). The molecule has 1 heterocycles. The summed E-state index contributed by atoms with van der Waals surface area (Å²) in [4.78, 5) is 0. The zero-order valence-electron chi connectivity index (χ0n) is 13.1. The summed E-state index contributed by atoms with van der Waals surface area (Å²) in [5.41, 5.74) is 7.67. The number of benzene rings is 1. The summed E-state index contributed by atoms with van der Waals surface area (Å²) < 4.78 is 12.6. The number of rotatable bonds is 2. The molecule has 3 aliphatic carbocycles. The molecule has 3 saturated carbocycles. The van der Waals surface area contributed by atoms with Gasteiger partial charge in [-0.15, -0.1) is 0 Å². The van der Waals surface area contributed by atoms with Gasteiger partial charge in [-0.25, -0.2) is 0 Å². The molecule has 1 aromatic rings. The molecule has 4 aliphatic rings. The van der Waals surface area contributed by atoms with Crippen LogP contribution in [0.4, 0.5) is 0 Å². The van der Waals surface area contributed by atoms with Crippen molar-refractivity contribution >= 4 is 7.12 Å². The van der Waals surface area contributed by atoms with E-state index in [1.54, 1.807) is 0 Å². The van der Waals surface area contributed by atoms with Gasteiger partial charge in [0.1, 0.15) is 0 Å². The largest absolute Gasteiger partial charge is 0.480 e. The van der Waals surface area contributed by atoms with Gasteiger partial charge in [0.25, 0.3) is 0 Å². The van der Waals surface area contributed by atoms with Crippen LogP contribution in [-0.4, -0.2) is 18.8 Å². The molecule has 0 spiro atoms. The minimum Gasteiger partial charge on any atom is -0.404 e. The fourth-order valence-electron chi connectivity index (χ4n) is 4.88. The number of hydrogen-bond donors (Lipinski definition) is 1. The van der Waals surface area contributed by atoms with Gasteiger partial charge in [-0.05, 0) is 42.6 Å². The van der Waals surface area contributed by atoms with E-state index in [1.807, 2.05) is 30.3 Å². The summed E-state index contributed by atoms with van der Waals surface area (Å²) >= 11 is 0. The fourth-order valence-corrected chi connectivity index (χ4v) is 4.88. The Morgan fingerprint density at radius 2 is 1.90 bits per heavy atom. The van der Waals surface area contributed by atoms with E-state index in [0.29, 0.717) is 11.3 Å². The Hall–Kier alpha value is -0.835. The average molecular weight is 285 g/mol. The Labute approximate surface area is 127 Å². The van der Waals surface area contributed by atoms with Crippen LogP contribution in [0.5, 0.6) is 0 Å². The highest BCUT2D eigenvalue weighted by atomic mass is 16.7. The Kier molecular flexibility index (Phi) is 2.85. The maximum absolute atomic E-state index is 6.41. The standard InChI is InChI=1S/C17H24BNO2/c1-16(2)12-9-13(16)17(3)14(10-12)20-18(21-17)15(19)11-7-5-4-6-8-11/h4-8,12-15H,9-10,19H2,1-3H3/t12?,13?,14?,15?,17-/m0/s1. The molecule has 5 atom stereocenters. The van der Waals surface area contributed by atoms with E-state index < -0.39 is 0 Å². The fraction of sp³-hybridized carbons (Fsp3) is 0.647. The predicted molar refractivity (Wildman–Crippen MR) is 83.5 cm³/mol. The molecule has 2 bridgehead atoms. The lowest BCUT2D eigenvalue weighted by Gasteiger charge is -2.64. The SMILES string of the molecule is CC1(C)C2CC3OB(C(N)c4ccccc4)O[C@@]3(C)C1C2. The lowest BCUT2D eigenvalue weighted by molar-refractivity contribution is -0.199. The van der Waals surface area contributed by atoms with Crippen molar-refractivity contribution in [1.82, 2.24) is 0 Å². The second-order valence-electron chi connectivity index (χ2n) is 7.77. The maximum Gasteiger partial charge on any atom is 0.480 e. The van der Waals surface area contributed by atoms with Gasteiger partial charge in [-0.3, -0.25) is 0 Å². The molecule has 4 fully saturated rings. The Morgan fingerprint density at radius 3 is 2.57 bits per heavy atom. The first-order valence-electron chi connectivity index (χ1n) is 8.06. The van der Waals surface area contributed by atoms with Crippen molar-refractivity contribution in [3.63, 3.8) is 0 Å². The van der Waals surface area contributed by atoms with Gasteiger partial charge < -0.3 is 15.0 Å². The number of hydrogen-bond acceptors (Lipinski definition) is 3. The van der Waals surface area contributed by atoms with Crippen LogP contribution in [0.15, 0.2) is 30.3 Å². The van der Waals surface area contributed by atoms with E-state index in [4.69, 9.17) is 15.0 Å². The highest BCUT2D eigenvalue weighted by molar-refractivity contribution is 6.47. The van der Waals surface area contributed by atoms with Crippen LogP contribution in [0.3, 0.4) is 0 Å². The number of nitrogens with two attached hydrogens (primary N) is 1. The molecule has 0 amide bonds. The molecule has 0 radical (unpaired) electrons. The van der Waals surface area contributed by atoms with Gasteiger partial charge in [-0.1, -0.05) is 44.2 Å². The summed E-state index contributed by atoms with van der Waals surface area (Å²) in [7, 11) is -0.322. The van der Waals surface area contributed by atoms with E-state index in [-0.39, 0.29) is 24.8 Å². The summed E-state index contributed by atoms with van der Waals surface area (Å²) in [5, 5.41) is 0. The lowest BCUT2D eigenvalue weighted by atomic mass is 9.43.